The van der Waals surface area contributed by atoms with Gasteiger partial charge in [-0.1, -0.05) is 58.3 Å². The Labute approximate surface area is 130 Å². The van der Waals surface area contributed by atoms with Crippen molar-refractivity contribution in [1.29, 1.82) is 0 Å². The van der Waals surface area contributed by atoms with Crippen molar-refractivity contribution in [2.45, 2.75) is 82.4 Å². The van der Waals surface area contributed by atoms with Gasteiger partial charge >= 0.3 is 15.6 Å². The van der Waals surface area contributed by atoms with Gasteiger partial charge in [0, 0.05) is 0 Å². The molecule has 1 heterocycles. The largest absolute Gasteiger partial charge is 0.523 e. The summed E-state index contributed by atoms with van der Waals surface area (Å²) in [6.07, 6.45) is 9.46. The lowest BCUT2D eigenvalue weighted by Gasteiger charge is -2.06. The summed E-state index contributed by atoms with van der Waals surface area (Å²) in [6, 6.07) is 0. The molecule has 0 aromatic rings. The molecule has 1 saturated heterocycles. The van der Waals surface area contributed by atoms with Gasteiger partial charge in [0.15, 0.2) is 0 Å². The van der Waals surface area contributed by atoms with Crippen LogP contribution in [0.2, 0.25) is 0 Å². The zero-order valence-corrected chi connectivity index (χ0v) is 13.7. The molecule has 0 radical (unpaired) electrons. The summed E-state index contributed by atoms with van der Waals surface area (Å²) in [6.45, 7) is 1.62. The van der Waals surface area contributed by atoms with E-state index in [1.165, 1.54) is 32.1 Å². The summed E-state index contributed by atoms with van der Waals surface area (Å²) >= 11 is 0. The maximum atomic E-state index is 12.0. The van der Waals surface area contributed by atoms with Crippen LogP contribution in [-0.4, -0.2) is 32.7 Å². The molecule has 0 aliphatic carbocycles. The monoisotopic (exact) mass is 346 g/mol. The second-order valence-corrected chi connectivity index (χ2v) is 7.27. The van der Waals surface area contributed by atoms with Gasteiger partial charge in [-0.2, -0.15) is 21.6 Å². The number of ether oxygens (including phenoxy) is 1. The van der Waals surface area contributed by atoms with Crippen LogP contribution in [-0.2, 0) is 19.0 Å². The SMILES string of the molecule is CCCCCCCCCC[C@H]1O[C@H]1COS(=O)(=O)C(F)(F)F. The summed E-state index contributed by atoms with van der Waals surface area (Å²) in [4.78, 5) is 0. The van der Waals surface area contributed by atoms with Gasteiger partial charge in [-0.05, 0) is 6.42 Å². The molecule has 0 amide bonds. The van der Waals surface area contributed by atoms with Crippen LogP contribution >= 0.6 is 0 Å². The third-order valence-corrected chi connectivity index (χ3v) is 4.71. The molecule has 8 heteroatoms. The van der Waals surface area contributed by atoms with Crippen molar-refractivity contribution in [3.05, 3.63) is 0 Å². The highest BCUT2D eigenvalue weighted by atomic mass is 32.2. The van der Waals surface area contributed by atoms with Crippen LogP contribution in [0.3, 0.4) is 0 Å². The number of epoxide rings is 1. The molecular formula is C14H25F3O4S. The molecular weight excluding hydrogens is 321 g/mol. The van der Waals surface area contributed by atoms with Gasteiger partial charge in [0.1, 0.15) is 6.10 Å². The van der Waals surface area contributed by atoms with E-state index in [1.54, 1.807) is 0 Å². The van der Waals surface area contributed by atoms with Crippen LogP contribution in [0.5, 0.6) is 0 Å². The van der Waals surface area contributed by atoms with Crippen molar-refractivity contribution in [2.24, 2.45) is 0 Å². The van der Waals surface area contributed by atoms with Crippen molar-refractivity contribution in [3.63, 3.8) is 0 Å². The number of unbranched alkanes of at least 4 members (excludes halogenated alkanes) is 7. The molecule has 1 fully saturated rings. The minimum atomic E-state index is -5.50. The predicted molar refractivity (Wildman–Crippen MR) is 76.8 cm³/mol. The van der Waals surface area contributed by atoms with Crippen LogP contribution in [0.1, 0.15) is 64.7 Å². The van der Waals surface area contributed by atoms with E-state index in [9.17, 15) is 21.6 Å². The maximum Gasteiger partial charge on any atom is 0.523 e. The summed E-state index contributed by atoms with van der Waals surface area (Å²) in [5.41, 5.74) is -5.37. The summed E-state index contributed by atoms with van der Waals surface area (Å²) in [7, 11) is -5.50. The number of alkyl halides is 3. The smallest absolute Gasteiger partial charge is 0.367 e. The highest BCUT2D eigenvalue weighted by molar-refractivity contribution is 7.87. The molecule has 0 aromatic carbocycles. The fraction of sp³-hybridized carbons (Fsp3) is 1.00. The highest BCUT2D eigenvalue weighted by Crippen LogP contribution is 2.31. The number of hydrogen-bond donors (Lipinski definition) is 0. The second kappa shape index (κ2) is 9.08. The van der Waals surface area contributed by atoms with Gasteiger partial charge in [0.05, 0.1) is 12.7 Å². The third-order valence-electron chi connectivity index (χ3n) is 3.70. The Kier molecular flexibility index (Phi) is 8.13. The van der Waals surface area contributed by atoms with Crippen LogP contribution in [0, 0.1) is 0 Å². The first kappa shape index (κ1) is 19.7. The standard InChI is InChI=1S/C14H25F3O4S/c1-2-3-4-5-6-7-8-9-10-12-13(21-12)11-20-22(18,19)14(15,16)17/h12-13H,2-11H2,1H3/t12-,13+/m1/s1. The normalized spacial score (nSPS) is 22.0. The molecule has 0 bridgehead atoms. The molecule has 0 saturated carbocycles. The Morgan fingerprint density at radius 1 is 0.955 bits per heavy atom. The Bertz CT molecular complexity index is 409. The zero-order chi connectivity index (χ0) is 16.6. The van der Waals surface area contributed by atoms with Gasteiger partial charge < -0.3 is 4.74 Å². The van der Waals surface area contributed by atoms with Crippen molar-refractivity contribution in [3.8, 4) is 0 Å². The first-order chi connectivity index (χ1) is 10.3. The average Bonchev–Trinajstić information content (AvgIpc) is 3.17. The van der Waals surface area contributed by atoms with Crippen LogP contribution < -0.4 is 0 Å². The zero-order valence-electron chi connectivity index (χ0n) is 12.9. The number of hydrogen-bond acceptors (Lipinski definition) is 4. The lowest BCUT2D eigenvalue weighted by molar-refractivity contribution is -0.0544. The van der Waals surface area contributed by atoms with E-state index in [0.717, 1.165) is 25.7 Å². The first-order valence-corrected chi connectivity index (χ1v) is 9.30. The molecule has 0 spiro atoms. The third kappa shape index (κ3) is 7.28. The lowest BCUT2D eigenvalue weighted by atomic mass is 10.1. The summed E-state index contributed by atoms with van der Waals surface area (Å²) < 4.78 is 66.6. The van der Waals surface area contributed by atoms with Gasteiger partial charge in [0.25, 0.3) is 0 Å². The van der Waals surface area contributed by atoms with E-state index in [-0.39, 0.29) is 6.10 Å². The highest BCUT2D eigenvalue weighted by Gasteiger charge is 2.49. The quantitative estimate of drug-likeness (QED) is 0.230. The van der Waals surface area contributed by atoms with Crippen LogP contribution in [0.25, 0.3) is 0 Å². The van der Waals surface area contributed by atoms with E-state index in [2.05, 4.69) is 11.1 Å². The van der Waals surface area contributed by atoms with E-state index >= 15 is 0 Å². The van der Waals surface area contributed by atoms with Gasteiger partial charge in [0.2, 0.25) is 0 Å². The maximum absolute atomic E-state index is 12.0. The molecule has 4 nitrogen and oxygen atoms in total. The van der Waals surface area contributed by atoms with E-state index in [4.69, 9.17) is 4.74 Å². The summed E-state index contributed by atoms with van der Waals surface area (Å²) in [5, 5.41) is 0. The fourth-order valence-corrected chi connectivity index (χ4v) is 2.73. The predicted octanol–water partition coefficient (Wildman–Crippen LogP) is 4.15. The van der Waals surface area contributed by atoms with Gasteiger partial charge in [-0.25, -0.2) is 0 Å². The molecule has 0 N–H and O–H groups in total. The molecule has 1 aliphatic heterocycles. The number of halogens is 3. The Morgan fingerprint density at radius 2 is 1.50 bits per heavy atom. The van der Waals surface area contributed by atoms with E-state index in [1.807, 2.05) is 0 Å². The van der Waals surface area contributed by atoms with Crippen LogP contribution in [0.15, 0.2) is 0 Å². The Balaban J connectivity index is 1.99. The molecule has 1 rings (SSSR count). The van der Waals surface area contributed by atoms with Crippen molar-refractivity contribution < 1.29 is 30.5 Å². The molecule has 0 unspecified atom stereocenters. The van der Waals surface area contributed by atoms with Crippen molar-refractivity contribution >= 4 is 10.1 Å². The lowest BCUT2D eigenvalue weighted by Crippen LogP contribution is -2.27. The van der Waals surface area contributed by atoms with Crippen LogP contribution in [0.4, 0.5) is 13.2 Å². The Hall–Kier alpha value is -0.340. The Morgan fingerprint density at radius 3 is 2.05 bits per heavy atom. The molecule has 1 aliphatic rings. The van der Waals surface area contributed by atoms with E-state index in [0.29, 0.717) is 0 Å². The average molecular weight is 346 g/mol. The van der Waals surface area contributed by atoms with Crippen molar-refractivity contribution in [1.82, 2.24) is 0 Å². The minimum absolute atomic E-state index is 0.163. The van der Waals surface area contributed by atoms with E-state index < -0.39 is 28.3 Å². The second-order valence-electron chi connectivity index (χ2n) is 5.66. The van der Waals surface area contributed by atoms with Gasteiger partial charge in [-0.3, -0.25) is 4.18 Å². The molecule has 0 aromatic heterocycles. The molecule has 22 heavy (non-hydrogen) atoms. The van der Waals surface area contributed by atoms with Gasteiger partial charge in [-0.15, -0.1) is 0 Å². The first-order valence-electron chi connectivity index (χ1n) is 7.89. The minimum Gasteiger partial charge on any atom is -0.367 e. The molecule has 132 valence electrons. The number of rotatable bonds is 12. The molecule has 2 atom stereocenters. The topological polar surface area (TPSA) is 55.9 Å². The summed E-state index contributed by atoms with van der Waals surface area (Å²) in [5.74, 6) is 0. The fourth-order valence-electron chi connectivity index (χ4n) is 2.28. The van der Waals surface area contributed by atoms with Crippen molar-refractivity contribution in [2.75, 3.05) is 6.61 Å².